The Labute approximate surface area is 160 Å². The van der Waals surface area contributed by atoms with Crippen LogP contribution in [0.3, 0.4) is 0 Å². The van der Waals surface area contributed by atoms with E-state index < -0.39 is 12.1 Å². The topological polar surface area (TPSA) is 69.7 Å². The molecule has 0 saturated heterocycles. The second-order valence-electron chi connectivity index (χ2n) is 5.65. The van der Waals surface area contributed by atoms with Gasteiger partial charge >= 0.3 is 5.97 Å². The monoisotopic (exact) mass is 418 g/mol. The van der Waals surface area contributed by atoms with Crippen molar-refractivity contribution < 1.29 is 23.9 Å². The van der Waals surface area contributed by atoms with Crippen molar-refractivity contribution in [3.63, 3.8) is 0 Å². The van der Waals surface area contributed by atoms with Crippen molar-refractivity contribution in [3.8, 4) is 5.75 Å². The number of methoxy groups -OCH3 is 1. The normalized spacial score (nSPS) is 11.5. The minimum absolute atomic E-state index is 0.0317. The first-order chi connectivity index (χ1) is 12.4. The van der Waals surface area contributed by atoms with Gasteiger partial charge in [0.25, 0.3) is 0 Å². The van der Waals surface area contributed by atoms with E-state index in [9.17, 15) is 14.4 Å². The fraction of sp³-hybridized carbons (Fsp3) is 0.250. The molecule has 2 rings (SSSR count). The molecule has 0 spiro atoms. The van der Waals surface area contributed by atoms with Gasteiger partial charge in [0.05, 0.1) is 13.5 Å². The minimum atomic E-state index is -0.918. The molecule has 2 aromatic rings. The molecule has 0 saturated carbocycles. The van der Waals surface area contributed by atoms with E-state index in [1.807, 2.05) is 0 Å². The summed E-state index contributed by atoms with van der Waals surface area (Å²) in [5.41, 5.74) is 0.959. The molecule has 0 aromatic heterocycles. The molecule has 26 heavy (non-hydrogen) atoms. The molecule has 0 aliphatic rings. The first-order valence-corrected chi connectivity index (χ1v) is 8.86. The summed E-state index contributed by atoms with van der Waals surface area (Å²) in [6.07, 6.45) is -0.961. The van der Waals surface area contributed by atoms with Crippen molar-refractivity contribution in [3.05, 3.63) is 64.1 Å². The predicted molar refractivity (Wildman–Crippen MR) is 101 cm³/mol. The van der Waals surface area contributed by atoms with Crippen molar-refractivity contribution in [1.82, 2.24) is 0 Å². The van der Waals surface area contributed by atoms with Crippen LogP contribution in [0.15, 0.2) is 53.0 Å². The molecule has 5 nitrogen and oxygen atoms in total. The lowest BCUT2D eigenvalue weighted by molar-refractivity contribution is -0.146. The molecule has 1 unspecified atom stereocenters. The van der Waals surface area contributed by atoms with Crippen molar-refractivity contribution in [2.24, 2.45) is 0 Å². The third kappa shape index (κ3) is 5.52. The number of esters is 1. The number of rotatable bonds is 8. The summed E-state index contributed by atoms with van der Waals surface area (Å²) < 4.78 is 11.1. The zero-order chi connectivity index (χ0) is 19.1. The molecule has 0 bridgehead atoms. The molecule has 0 fully saturated rings. The van der Waals surface area contributed by atoms with Crippen molar-refractivity contribution in [2.45, 2.75) is 25.9 Å². The number of ether oxygens (including phenoxy) is 2. The molecule has 0 aliphatic heterocycles. The van der Waals surface area contributed by atoms with E-state index in [-0.39, 0.29) is 24.4 Å². The first kappa shape index (κ1) is 19.8. The number of carbonyl (C=O) groups excluding carboxylic acids is 3. The van der Waals surface area contributed by atoms with Crippen molar-refractivity contribution in [2.75, 3.05) is 7.11 Å². The van der Waals surface area contributed by atoms with E-state index in [1.54, 1.807) is 48.5 Å². The summed E-state index contributed by atoms with van der Waals surface area (Å²) in [6.45, 7) is 1.51. The lowest BCUT2D eigenvalue weighted by Gasteiger charge is -2.12. The molecule has 1 atom stereocenters. The van der Waals surface area contributed by atoms with E-state index in [1.165, 1.54) is 14.0 Å². The van der Waals surface area contributed by atoms with Gasteiger partial charge in [0.15, 0.2) is 11.9 Å². The first-order valence-electron chi connectivity index (χ1n) is 8.07. The van der Waals surface area contributed by atoms with Crippen LogP contribution in [0.4, 0.5) is 0 Å². The van der Waals surface area contributed by atoms with Gasteiger partial charge in [0.2, 0.25) is 5.78 Å². The van der Waals surface area contributed by atoms with E-state index in [0.717, 1.165) is 4.47 Å². The number of halogens is 1. The Morgan fingerprint density at radius 3 is 2.08 bits per heavy atom. The van der Waals surface area contributed by atoms with Gasteiger partial charge in [-0.2, -0.15) is 0 Å². The van der Waals surface area contributed by atoms with Crippen LogP contribution in [0, 0.1) is 0 Å². The summed E-state index contributed by atoms with van der Waals surface area (Å²) in [6, 6.07) is 13.5. The van der Waals surface area contributed by atoms with Crippen LogP contribution in [0.25, 0.3) is 0 Å². The van der Waals surface area contributed by atoms with Crippen LogP contribution in [-0.2, 0) is 9.53 Å². The highest BCUT2D eigenvalue weighted by atomic mass is 79.9. The summed E-state index contributed by atoms with van der Waals surface area (Å²) >= 11 is 3.30. The largest absolute Gasteiger partial charge is 0.497 e. The Hall–Kier alpha value is -2.47. The molecular weight excluding hydrogens is 400 g/mol. The Morgan fingerprint density at radius 2 is 1.50 bits per heavy atom. The van der Waals surface area contributed by atoms with Crippen LogP contribution in [0.1, 0.15) is 40.5 Å². The summed E-state index contributed by atoms with van der Waals surface area (Å²) in [5, 5.41) is 0. The number of ketones is 2. The standard InChI is InChI=1S/C20H19BrO5/c1-13(20(24)15-5-9-17(25-2)10-6-15)26-19(23)12-11-18(22)14-3-7-16(21)8-4-14/h3-10,13H,11-12H2,1-2H3. The van der Waals surface area contributed by atoms with Crippen LogP contribution < -0.4 is 4.74 Å². The lowest BCUT2D eigenvalue weighted by Crippen LogP contribution is -2.24. The van der Waals surface area contributed by atoms with Gasteiger partial charge < -0.3 is 9.47 Å². The van der Waals surface area contributed by atoms with Gasteiger partial charge in [-0.15, -0.1) is 0 Å². The highest BCUT2D eigenvalue weighted by Gasteiger charge is 2.20. The highest BCUT2D eigenvalue weighted by molar-refractivity contribution is 9.10. The van der Waals surface area contributed by atoms with E-state index >= 15 is 0 Å². The molecule has 0 N–H and O–H groups in total. The van der Waals surface area contributed by atoms with E-state index in [0.29, 0.717) is 16.9 Å². The Balaban J connectivity index is 1.85. The average Bonchev–Trinajstić information content (AvgIpc) is 2.66. The molecule has 0 heterocycles. The number of benzene rings is 2. The predicted octanol–water partition coefficient (Wildman–Crippen LogP) is 4.24. The molecule has 0 radical (unpaired) electrons. The zero-order valence-corrected chi connectivity index (χ0v) is 16.1. The lowest BCUT2D eigenvalue weighted by atomic mass is 10.1. The van der Waals surface area contributed by atoms with Crippen LogP contribution in [-0.4, -0.2) is 30.7 Å². The number of hydrogen-bond donors (Lipinski definition) is 0. The van der Waals surface area contributed by atoms with Crippen molar-refractivity contribution in [1.29, 1.82) is 0 Å². The summed E-state index contributed by atoms with van der Waals surface area (Å²) in [5.74, 6) is -0.397. The van der Waals surface area contributed by atoms with Gasteiger partial charge in [-0.05, 0) is 43.3 Å². The van der Waals surface area contributed by atoms with E-state index in [2.05, 4.69) is 15.9 Å². The highest BCUT2D eigenvalue weighted by Crippen LogP contribution is 2.15. The second kappa shape index (κ2) is 9.29. The van der Waals surface area contributed by atoms with Crippen LogP contribution in [0.2, 0.25) is 0 Å². The second-order valence-corrected chi connectivity index (χ2v) is 6.57. The Morgan fingerprint density at radius 1 is 0.923 bits per heavy atom. The third-order valence-corrected chi connectivity index (χ3v) is 4.30. The average molecular weight is 419 g/mol. The van der Waals surface area contributed by atoms with Crippen molar-refractivity contribution >= 4 is 33.5 Å². The summed E-state index contributed by atoms with van der Waals surface area (Å²) in [4.78, 5) is 36.3. The van der Waals surface area contributed by atoms with Gasteiger partial charge in [-0.25, -0.2) is 0 Å². The van der Waals surface area contributed by atoms with Gasteiger partial charge in [-0.1, -0.05) is 28.1 Å². The fourth-order valence-electron chi connectivity index (χ4n) is 2.30. The molecule has 136 valence electrons. The number of hydrogen-bond acceptors (Lipinski definition) is 5. The van der Waals surface area contributed by atoms with E-state index in [4.69, 9.17) is 9.47 Å². The number of carbonyl (C=O) groups is 3. The van der Waals surface area contributed by atoms with Gasteiger partial charge in [-0.3, -0.25) is 14.4 Å². The molecule has 0 aliphatic carbocycles. The molecule has 6 heteroatoms. The molecule has 0 amide bonds. The Kier molecular flexibility index (Phi) is 7.09. The number of Topliss-reactive ketones (excluding diaryl/α,β-unsaturated/α-hetero) is 2. The Bertz CT molecular complexity index is 781. The maximum atomic E-state index is 12.3. The SMILES string of the molecule is COc1ccc(C(=O)C(C)OC(=O)CCC(=O)c2ccc(Br)cc2)cc1. The maximum absolute atomic E-state index is 12.3. The third-order valence-electron chi connectivity index (χ3n) is 3.77. The quantitative estimate of drug-likeness (QED) is 0.473. The smallest absolute Gasteiger partial charge is 0.306 e. The minimum Gasteiger partial charge on any atom is -0.497 e. The van der Waals surface area contributed by atoms with Crippen LogP contribution in [0.5, 0.6) is 5.75 Å². The van der Waals surface area contributed by atoms with Gasteiger partial charge in [0.1, 0.15) is 5.75 Å². The summed E-state index contributed by atoms with van der Waals surface area (Å²) in [7, 11) is 1.54. The maximum Gasteiger partial charge on any atom is 0.306 e. The fourth-order valence-corrected chi connectivity index (χ4v) is 2.56. The van der Waals surface area contributed by atoms with Crippen LogP contribution >= 0.6 is 15.9 Å². The zero-order valence-electron chi connectivity index (χ0n) is 14.5. The molecular formula is C20H19BrO5. The molecule has 2 aromatic carbocycles. The van der Waals surface area contributed by atoms with Gasteiger partial charge in [0, 0.05) is 22.0 Å².